The van der Waals surface area contributed by atoms with Gasteiger partial charge < -0.3 is 14.5 Å². The van der Waals surface area contributed by atoms with E-state index in [2.05, 4.69) is 15.5 Å². The zero-order valence-electron chi connectivity index (χ0n) is 10.8. The minimum absolute atomic E-state index is 0.517. The number of fused-ring (bicyclic) bond motifs is 1. The van der Waals surface area contributed by atoms with Crippen LogP contribution in [0.2, 0.25) is 0 Å². The molecule has 0 spiro atoms. The lowest BCUT2D eigenvalue weighted by molar-refractivity contribution is 0.322. The average Bonchev–Trinajstić information content (AvgIpc) is 2.78. The number of para-hydroxylation sites is 2. The Morgan fingerprint density at radius 3 is 3.11 bits per heavy atom. The van der Waals surface area contributed by atoms with E-state index in [1.165, 1.54) is 0 Å². The Bertz CT molecular complexity index is 555. The molecule has 0 aliphatic carbocycles. The summed E-state index contributed by atoms with van der Waals surface area (Å²) in [5, 5.41) is 11.1. The van der Waals surface area contributed by atoms with Crippen LogP contribution in [0.5, 0.6) is 5.75 Å². The molecule has 1 aromatic heterocycles. The summed E-state index contributed by atoms with van der Waals surface area (Å²) in [7, 11) is 1.85. The highest BCUT2D eigenvalue weighted by Crippen LogP contribution is 2.34. The minimum Gasteiger partial charge on any atom is -0.491 e. The summed E-state index contributed by atoms with van der Waals surface area (Å²) in [5.41, 5.74) is 0.972. The molecule has 0 saturated carbocycles. The van der Waals surface area contributed by atoms with Crippen LogP contribution < -0.4 is 15.0 Å². The lowest BCUT2D eigenvalue weighted by Gasteiger charge is -2.18. The van der Waals surface area contributed by atoms with E-state index in [1.807, 2.05) is 36.2 Å². The lowest BCUT2D eigenvalue weighted by Crippen LogP contribution is -2.17. The van der Waals surface area contributed by atoms with E-state index < -0.39 is 0 Å². The van der Waals surface area contributed by atoms with Crippen molar-refractivity contribution >= 4 is 11.7 Å². The lowest BCUT2D eigenvalue weighted by atomic mass is 10.2. The van der Waals surface area contributed by atoms with Crippen molar-refractivity contribution in [2.24, 2.45) is 0 Å². The molecule has 0 amide bonds. The normalized spacial score (nSPS) is 14.7. The van der Waals surface area contributed by atoms with Crippen molar-refractivity contribution in [3.05, 3.63) is 30.2 Å². The summed E-state index contributed by atoms with van der Waals surface area (Å²) >= 11 is 0. The molecule has 0 fully saturated rings. The Balaban J connectivity index is 1.94. The molecule has 1 aromatic carbocycles. The van der Waals surface area contributed by atoms with Crippen molar-refractivity contribution in [3.63, 3.8) is 0 Å². The van der Waals surface area contributed by atoms with Gasteiger partial charge in [0.15, 0.2) is 0 Å². The monoisotopic (exact) mass is 260 g/mol. The Kier molecular flexibility index (Phi) is 3.33. The van der Waals surface area contributed by atoms with Gasteiger partial charge in [-0.05, 0) is 25.6 Å². The number of anilines is 2. The van der Waals surface area contributed by atoms with Crippen LogP contribution in [-0.2, 0) is 6.54 Å². The molecule has 0 bridgehead atoms. The van der Waals surface area contributed by atoms with Crippen LogP contribution in [0, 0.1) is 0 Å². The van der Waals surface area contributed by atoms with E-state index in [9.17, 15) is 0 Å². The van der Waals surface area contributed by atoms with E-state index in [0.29, 0.717) is 25.1 Å². The van der Waals surface area contributed by atoms with Crippen LogP contribution in [0.1, 0.15) is 12.3 Å². The second-order valence-corrected chi connectivity index (χ2v) is 4.33. The highest BCUT2D eigenvalue weighted by molar-refractivity contribution is 5.64. The Morgan fingerprint density at radius 2 is 2.21 bits per heavy atom. The zero-order valence-corrected chi connectivity index (χ0v) is 10.8. The summed E-state index contributed by atoms with van der Waals surface area (Å²) < 4.78 is 11.4. The number of rotatable bonds is 3. The first kappa shape index (κ1) is 12.0. The highest BCUT2D eigenvalue weighted by Gasteiger charge is 2.21. The number of hydrogen-bond acceptors (Lipinski definition) is 6. The highest BCUT2D eigenvalue weighted by atomic mass is 16.5. The molecule has 6 heteroatoms. The molecule has 0 atom stereocenters. The molecular weight excluding hydrogens is 244 g/mol. The number of aromatic nitrogens is 2. The fourth-order valence-corrected chi connectivity index (χ4v) is 2.10. The smallest absolute Gasteiger partial charge is 0.322 e. The second kappa shape index (κ2) is 5.27. The summed E-state index contributed by atoms with van der Waals surface area (Å²) in [6, 6.07) is 8.41. The molecule has 2 aromatic rings. The van der Waals surface area contributed by atoms with Crippen LogP contribution >= 0.6 is 0 Å². The van der Waals surface area contributed by atoms with Crippen molar-refractivity contribution in [1.82, 2.24) is 15.5 Å². The van der Waals surface area contributed by atoms with Crippen LogP contribution in [0.3, 0.4) is 0 Å². The van der Waals surface area contributed by atoms with Crippen LogP contribution in [0.25, 0.3) is 0 Å². The quantitative estimate of drug-likeness (QED) is 0.906. The van der Waals surface area contributed by atoms with Gasteiger partial charge in [0, 0.05) is 6.54 Å². The molecule has 0 radical (unpaired) electrons. The maximum Gasteiger partial charge on any atom is 0.322 e. The third-order valence-electron chi connectivity index (χ3n) is 2.95. The molecule has 1 aliphatic heterocycles. The van der Waals surface area contributed by atoms with Gasteiger partial charge in [0.1, 0.15) is 5.75 Å². The molecule has 1 aliphatic rings. The molecule has 100 valence electrons. The largest absolute Gasteiger partial charge is 0.491 e. The minimum atomic E-state index is 0.517. The molecule has 0 unspecified atom stereocenters. The van der Waals surface area contributed by atoms with Gasteiger partial charge in [-0.25, -0.2) is 0 Å². The number of ether oxygens (including phenoxy) is 1. The van der Waals surface area contributed by atoms with E-state index in [0.717, 1.165) is 24.4 Å². The molecule has 3 rings (SSSR count). The van der Waals surface area contributed by atoms with Crippen LogP contribution in [0.4, 0.5) is 11.7 Å². The maximum atomic E-state index is 5.71. The van der Waals surface area contributed by atoms with Gasteiger partial charge in [-0.1, -0.05) is 17.2 Å². The molecule has 1 N–H and O–H groups in total. The third-order valence-corrected chi connectivity index (χ3v) is 2.95. The van der Waals surface area contributed by atoms with Crippen LogP contribution in [-0.4, -0.2) is 30.4 Å². The van der Waals surface area contributed by atoms with Gasteiger partial charge in [0.05, 0.1) is 18.8 Å². The predicted molar refractivity (Wildman–Crippen MR) is 70.6 cm³/mol. The number of benzene rings is 1. The van der Waals surface area contributed by atoms with Crippen molar-refractivity contribution in [3.8, 4) is 5.75 Å². The SMILES string of the molecule is CNCc1nnc(N2CCCOc3ccccc32)o1. The Labute approximate surface area is 111 Å². The van der Waals surface area contributed by atoms with Gasteiger partial charge in [-0.3, -0.25) is 4.90 Å². The van der Waals surface area contributed by atoms with Crippen molar-refractivity contribution in [2.75, 3.05) is 25.1 Å². The second-order valence-electron chi connectivity index (χ2n) is 4.33. The summed E-state index contributed by atoms with van der Waals surface area (Å²) in [6.45, 7) is 2.07. The zero-order chi connectivity index (χ0) is 13.1. The van der Waals surface area contributed by atoms with Crippen molar-refractivity contribution in [1.29, 1.82) is 0 Å². The fourth-order valence-electron chi connectivity index (χ4n) is 2.10. The van der Waals surface area contributed by atoms with Gasteiger partial charge in [-0.2, -0.15) is 0 Å². The number of nitrogens with zero attached hydrogens (tertiary/aromatic N) is 3. The summed E-state index contributed by atoms with van der Waals surface area (Å²) in [4.78, 5) is 2.01. The van der Waals surface area contributed by atoms with Crippen molar-refractivity contribution < 1.29 is 9.15 Å². The van der Waals surface area contributed by atoms with Gasteiger partial charge in [0.2, 0.25) is 5.89 Å². The standard InChI is InChI=1S/C13H16N4O2/c1-14-9-12-15-16-13(19-12)17-7-4-8-18-11-6-3-2-5-10(11)17/h2-3,5-6,14H,4,7-9H2,1H3. The van der Waals surface area contributed by atoms with Gasteiger partial charge >= 0.3 is 6.01 Å². The Morgan fingerprint density at radius 1 is 1.32 bits per heavy atom. The fraction of sp³-hybridized carbons (Fsp3) is 0.385. The third kappa shape index (κ3) is 2.39. The van der Waals surface area contributed by atoms with E-state index in [-0.39, 0.29) is 0 Å². The summed E-state index contributed by atoms with van der Waals surface area (Å²) in [5.74, 6) is 1.44. The topological polar surface area (TPSA) is 63.4 Å². The van der Waals surface area contributed by atoms with Gasteiger partial charge in [-0.15, -0.1) is 5.10 Å². The van der Waals surface area contributed by atoms with E-state index in [1.54, 1.807) is 0 Å². The van der Waals surface area contributed by atoms with Crippen molar-refractivity contribution in [2.45, 2.75) is 13.0 Å². The van der Waals surface area contributed by atoms with Gasteiger partial charge in [0.25, 0.3) is 0 Å². The van der Waals surface area contributed by atoms with Crippen LogP contribution in [0.15, 0.2) is 28.7 Å². The molecular formula is C13H16N4O2. The summed E-state index contributed by atoms with van der Waals surface area (Å²) in [6.07, 6.45) is 0.915. The molecule has 6 nitrogen and oxygen atoms in total. The molecule has 19 heavy (non-hydrogen) atoms. The van der Waals surface area contributed by atoms with E-state index in [4.69, 9.17) is 9.15 Å². The van der Waals surface area contributed by atoms with E-state index >= 15 is 0 Å². The maximum absolute atomic E-state index is 5.71. The predicted octanol–water partition coefficient (Wildman–Crippen LogP) is 1.71. The first-order valence-corrected chi connectivity index (χ1v) is 6.35. The average molecular weight is 260 g/mol. The first-order valence-electron chi connectivity index (χ1n) is 6.35. The number of nitrogens with one attached hydrogen (secondary N) is 1. The number of hydrogen-bond donors (Lipinski definition) is 1. The Hall–Kier alpha value is -2.08. The molecule has 2 heterocycles. The molecule has 0 saturated heterocycles. The first-order chi connectivity index (χ1) is 9.38.